The molecule has 0 aromatic rings. The smallest absolute Gasteiger partial charge is 0.00698 e. The molecule has 1 nitrogen and oxygen atoms in total. The number of nitrogens with one attached hydrogen (secondary N) is 1. The summed E-state index contributed by atoms with van der Waals surface area (Å²) in [7, 11) is 0. The van der Waals surface area contributed by atoms with E-state index in [0.29, 0.717) is 0 Å². The minimum absolute atomic E-state index is 0.780. The van der Waals surface area contributed by atoms with Gasteiger partial charge in [0.25, 0.3) is 0 Å². The van der Waals surface area contributed by atoms with Crippen molar-refractivity contribution in [3.05, 3.63) is 12.7 Å². The van der Waals surface area contributed by atoms with Gasteiger partial charge in [0, 0.05) is 6.04 Å². The number of hydrogen-bond acceptors (Lipinski definition) is 1. The fourth-order valence-electron chi connectivity index (χ4n) is 1.92. The monoisotopic (exact) mass is 195 g/mol. The summed E-state index contributed by atoms with van der Waals surface area (Å²) in [6, 6.07) is 0.780. The van der Waals surface area contributed by atoms with Crippen LogP contribution < -0.4 is 5.32 Å². The molecule has 0 bridgehead atoms. The van der Waals surface area contributed by atoms with Crippen LogP contribution in [0.4, 0.5) is 0 Å². The molecule has 1 saturated carbocycles. The van der Waals surface area contributed by atoms with Crippen LogP contribution >= 0.6 is 0 Å². The third kappa shape index (κ3) is 5.43. The summed E-state index contributed by atoms with van der Waals surface area (Å²) < 4.78 is 0. The van der Waals surface area contributed by atoms with Gasteiger partial charge in [-0.3, -0.25) is 0 Å². The van der Waals surface area contributed by atoms with E-state index in [-0.39, 0.29) is 0 Å². The molecule has 14 heavy (non-hydrogen) atoms. The predicted molar refractivity (Wildman–Crippen MR) is 63.5 cm³/mol. The van der Waals surface area contributed by atoms with E-state index in [0.717, 1.165) is 12.0 Å². The Hall–Kier alpha value is -0.300. The van der Waals surface area contributed by atoms with Crippen LogP contribution in [0, 0.1) is 5.92 Å². The van der Waals surface area contributed by atoms with Gasteiger partial charge in [-0.05, 0) is 44.6 Å². The highest BCUT2D eigenvalue weighted by Crippen LogP contribution is 2.34. The van der Waals surface area contributed by atoms with Gasteiger partial charge in [-0.15, -0.1) is 6.58 Å². The van der Waals surface area contributed by atoms with E-state index in [2.05, 4.69) is 18.8 Å². The summed E-state index contributed by atoms with van der Waals surface area (Å²) in [5.41, 5.74) is 0. The van der Waals surface area contributed by atoms with Crippen molar-refractivity contribution in [3.8, 4) is 0 Å². The molecule has 1 aliphatic carbocycles. The molecular weight excluding hydrogens is 170 g/mol. The van der Waals surface area contributed by atoms with Crippen molar-refractivity contribution in [1.29, 1.82) is 0 Å². The minimum Gasteiger partial charge on any atom is -0.314 e. The average molecular weight is 195 g/mol. The first-order valence-electron chi connectivity index (χ1n) is 6.21. The van der Waals surface area contributed by atoms with E-state index in [4.69, 9.17) is 0 Å². The molecule has 0 radical (unpaired) electrons. The molecule has 1 N–H and O–H groups in total. The Bertz CT molecular complexity index is 149. The summed E-state index contributed by atoms with van der Waals surface area (Å²) in [5.74, 6) is 1.05. The fraction of sp³-hybridized carbons (Fsp3) is 0.846. The van der Waals surface area contributed by atoms with Crippen LogP contribution in [0.1, 0.15) is 51.9 Å². The Morgan fingerprint density at radius 3 is 2.86 bits per heavy atom. The minimum atomic E-state index is 0.780. The lowest BCUT2D eigenvalue weighted by atomic mass is 10.0. The molecule has 0 saturated heterocycles. The average Bonchev–Trinajstić information content (AvgIpc) is 2.98. The summed E-state index contributed by atoms with van der Waals surface area (Å²) in [4.78, 5) is 0. The highest BCUT2D eigenvalue weighted by atomic mass is 14.9. The Morgan fingerprint density at radius 1 is 1.50 bits per heavy atom. The van der Waals surface area contributed by atoms with Gasteiger partial charge in [-0.25, -0.2) is 0 Å². The van der Waals surface area contributed by atoms with Crippen LogP contribution in [-0.4, -0.2) is 12.6 Å². The molecule has 0 amide bonds. The highest BCUT2D eigenvalue weighted by molar-refractivity contribution is 4.80. The van der Waals surface area contributed by atoms with Gasteiger partial charge in [0.05, 0.1) is 0 Å². The maximum atomic E-state index is 3.77. The second kappa shape index (κ2) is 7.05. The van der Waals surface area contributed by atoms with Gasteiger partial charge in [0.1, 0.15) is 0 Å². The first-order chi connectivity index (χ1) is 6.86. The maximum Gasteiger partial charge on any atom is 0.00698 e. The quantitative estimate of drug-likeness (QED) is 0.438. The lowest BCUT2D eigenvalue weighted by Gasteiger charge is -2.17. The fourth-order valence-corrected chi connectivity index (χ4v) is 1.92. The molecule has 0 heterocycles. The van der Waals surface area contributed by atoms with E-state index in [1.165, 1.54) is 51.5 Å². The molecule has 0 spiro atoms. The Balaban J connectivity index is 2.09. The molecule has 0 aromatic heterocycles. The van der Waals surface area contributed by atoms with Gasteiger partial charge in [0.15, 0.2) is 0 Å². The van der Waals surface area contributed by atoms with Crippen molar-refractivity contribution in [2.24, 2.45) is 5.92 Å². The summed E-state index contributed by atoms with van der Waals surface area (Å²) in [6.45, 7) is 7.20. The lowest BCUT2D eigenvalue weighted by Crippen LogP contribution is -2.30. The van der Waals surface area contributed by atoms with Crippen LogP contribution in [0.25, 0.3) is 0 Å². The van der Waals surface area contributed by atoms with Crippen molar-refractivity contribution < 1.29 is 0 Å². The third-order valence-electron chi connectivity index (χ3n) is 2.96. The normalized spacial score (nSPS) is 18.1. The largest absolute Gasteiger partial charge is 0.314 e. The van der Waals surface area contributed by atoms with Crippen LogP contribution in [0.3, 0.4) is 0 Å². The van der Waals surface area contributed by atoms with E-state index in [1.807, 2.05) is 6.08 Å². The number of unbranched alkanes of at least 4 members (excludes halogenated alkanes) is 1. The van der Waals surface area contributed by atoms with Crippen molar-refractivity contribution in [2.75, 3.05) is 6.54 Å². The van der Waals surface area contributed by atoms with Crippen molar-refractivity contribution in [1.82, 2.24) is 5.32 Å². The zero-order valence-corrected chi connectivity index (χ0v) is 9.60. The Morgan fingerprint density at radius 2 is 2.29 bits per heavy atom. The zero-order chi connectivity index (χ0) is 10.2. The lowest BCUT2D eigenvalue weighted by molar-refractivity contribution is 0.424. The molecule has 1 atom stereocenters. The second-order valence-electron chi connectivity index (χ2n) is 4.55. The molecular formula is C13H25N. The molecule has 82 valence electrons. The first kappa shape index (κ1) is 11.8. The second-order valence-corrected chi connectivity index (χ2v) is 4.55. The summed E-state index contributed by atoms with van der Waals surface area (Å²) in [5, 5.41) is 3.67. The summed E-state index contributed by atoms with van der Waals surface area (Å²) >= 11 is 0. The number of hydrogen-bond donors (Lipinski definition) is 1. The Kier molecular flexibility index (Phi) is 5.93. The van der Waals surface area contributed by atoms with Crippen molar-refractivity contribution in [3.63, 3.8) is 0 Å². The molecule has 0 aromatic carbocycles. The number of allylic oxidation sites excluding steroid dienone is 1. The maximum absolute atomic E-state index is 3.77. The van der Waals surface area contributed by atoms with Gasteiger partial charge in [-0.2, -0.15) is 0 Å². The SMILES string of the molecule is C=CCCCC(CC1CC1)NCCC. The van der Waals surface area contributed by atoms with Crippen LogP contribution in [0.5, 0.6) is 0 Å². The highest BCUT2D eigenvalue weighted by Gasteiger charge is 2.24. The first-order valence-corrected chi connectivity index (χ1v) is 6.21. The van der Waals surface area contributed by atoms with Crippen LogP contribution in [0.2, 0.25) is 0 Å². The van der Waals surface area contributed by atoms with Gasteiger partial charge < -0.3 is 5.32 Å². The molecule has 1 fully saturated rings. The van der Waals surface area contributed by atoms with E-state index in [9.17, 15) is 0 Å². The standard InChI is InChI=1S/C13H25N/c1-3-5-6-7-13(14-10-4-2)11-12-8-9-12/h3,12-14H,1,4-11H2,2H3. The van der Waals surface area contributed by atoms with E-state index in [1.54, 1.807) is 0 Å². The van der Waals surface area contributed by atoms with E-state index < -0.39 is 0 Å². The molecule has 1 heteroatoms. The van der Waals surface area contributed by atoms with Crippen molar-refractivity contribution >= 4 is 0 Å². The van der Waals surface area contributed by atoms with Gasteiger partial charge >= 0.3 is 0 Å². The van der Waals surface area contributed by atoms with Gasteiger partial charge in [-0.1, -0.05) is 25.8 Å². The molecule has 1 aliphatic rings. The molecule has 0 aliphatic heterocycles. The van der Waals surface area contributed by atoms with Crippen LogP contribution in [0.15, 0.2) is 12.7 Å². The Labute approximate surface area is 89.0 Å². The van der Waals surface area contributed by atoms with E-state index >= 15 is 0 Å². The zero-order valence-electron chi connectivity index (χ0n) is 9.60. The topological polar surface area (TPSA) is 12.0 Å². The summed E-state index contributed by atoms with van der Waals surface area (Å²) in [6.07, 6.45) is 11.5. The third-order valence-corrected chi connectivity index (χ3v) is 2.96. The number of rotatable bonds is 9. The molecule has 1 rings (SSSR count). The molecule has 1 unspecified atom stereocenters. The van der Waals surface area contributed by atoms with Crippen molar-refractivity contribution in [2.45, 2.75) is 57.9 Å². The van der Waals surface area contributed by atoms with Gasteiger partial charge in [0.2, 0.25) is 0 Å². The van der Waals surface area contributed by atoms with Crippen LogP contribution in [-0.2, 0) is 0 Å². The predicted octanol–water partition coefficient (Wildman–Crippen LogP) is 3.51.